The van der Waals surface area contributed by atoms with Crippen LogP contribution in [0.1, 0.15) is 22.5 Å². The van der Waals surface area contributed by atoms with Crippen molar-refractivity contribution >= 4 is 23.4 Å². The van der Waals surface area contributed by atoms with E-state index in [1.807, 2.05) is 19.3 Å². The van der Waals surface area contributed by atoms with Crippen LogP contribution in [0.4, 0.5) is 0 Å². The number of carbonyl (C=O) groups excluding carboxylic acids is 2. The first kappa shape index (κ1) is 25.7. The second-order valence-corrected chi connectivity index (χ2v) is 7.81. The fourth-order valence-corrected chi connectivity index (χ4v) is 3.41. The molecule has 0 fully saturated rings. The van der Waals surface area contributed by atoms with E-state index in [0.29, 0.717) is 47.4 Å². The molecule has 10 nitrogen and oxygen atoms in total. The molecule has 0 aliphatic rings. The molecule has 3 heterocycles. The fraction of sp³-hybridized carbons (Fsp3) is 0.192. The summed E-state index contributed by atoms with van der Waals surface area (Å²) in [7, 11) is 3.46. The van der Waals surface area contributed by atoms with Gasteiger partial charge >= 0.3 is 0 Å². The van der Waals surface area contributed by atoms with Gasteiger partial charge in [0, 0.05) is 44.4 Å². The van der Waals surface area contributed by atoms with E-state index < -0.39 is 12.0 Å². The summed E-state index contributed by atoms with van der Waals surface area (Å²) >= 11 is 0. The quantitative estimate of drug-likeness (QED) is 0.301. The summed E-state index contributed by atoms with van der Waals surface area (Å²) in [4.78, 5) is 28.9. The van der Waals surface area contributed by atoms with Crippen molar-refractivity contribution < 1.29 is 14.7 Å². The third-order valence-electron chi connectivity index (χ3n) is 5.17. The van der Waals surface area contributed by atoms with Crippen LogP contribution in [-0.4, -0.2) is 66.6 Å². The zero-order chi connectivity index (χ0) is 26.2. The standard InChI is InChI=1S/C24H23N7O3.C2H2/c1-29(15-32)11-10-19(33)7-6-16-4-3-5-18(12-16)31-24-20(22(28-31)23(25)34)8-9-21(27-24)17-13-26-30(2)14-17;1-2/h3-5,8-9,12-15,19,33H,10-11H2,1-2H3,(H2,25,34);1-2H/t19-;/m0./s1. The molecule has 36 heavy (non-hydrogen) atoms. The van der Waals surface area contributed by atoms with Crippen molar-refractivity contribution in [2.45, 2.75) is 12.5 Å². The van der Waals surface area contributed by atoms with Crippen molar-refractivity contribution in [2.24, 2.45) is 12.8 Å². The van der Waals surface area contributed by atoms with Gasteiger partial charge in [-0.05, 0) is 30.3 Å². The van der Waals surface area contributed by atoms with Crippen LogP contribution in [-0.2, 0) is 11.8 Å². The van der Waals surface area contributed by atoms with Crippen LogP contribution in [0, 0.1) is 24.7 Å². The predicted octanol–water partition coefficient (Wildman–Crippen LogP) is 1.36. The summed E-state index contributed by atoms with van der Waals surface area (Å²) in [5.41, 5.74) is 8.93. The number of aliphatic hydroxyl groups excluding tert-OH is 1. The first-order valence-corrected chi connectivity index (χ1v) is 10.8. The Balaban J connectivity index is 0.00000176. The molecule has 0 spiro atoms. The number of fused-ring (bicyclic) bond motifs is 1. The van der Waals surface area contributed by atoms with Gasteiger partial charge in [-0.1, -0.05) is 17.9 Å². The van der Waals surface area contributed by atoms with Gasteiger partial charge in [0.1, 0.15) is 6.10 Å². The highest BCUT2D eigenvalue weighted by Gasteiger charge is 2.18. The Kier molecular flexibility index (Phi) is 8.18. The average molecular weight is 484 g/mol. The highest BCUT2D eigenvalue weighted by Crippen LogP contribution is 2.25. The topological polar surface area (TPSA) is 132 Å². The van der Waals surface area contributed by atoms with Gasteiger partial charge < -0.3 is 15.7 Å². The Labute approximate surface area is 208 Å². The number of aromatic nitrogens is 5. The summed E-state index contributed by atoms with van der Waals surface area (Å²) in [6, 6.07) is 10.8. The minimum Gasteiger partial charge on any atom is -0.380 e. The molecular formula is C26H25N7O3. The molecule has 1 atom stereocenters. The molecule has 4 aromatic rings. The number of nitrogens with two attached hydrogens (primary N) is 1. The first-order chi connectivity index (χ1) is 17.4. The maximum Gasteiger partial charge on any atom is 0.269 e. The van der Waals surface area contributed by atoms with E-state index in [0.717, 1.165) is 5.56 Å². The van der Waals surface area contributed by atoms with Gasteiger partial charge in [0.25, 0.3) is 5.91 Å². The SMILES string of the molecule is C#C.CN(C=O)CC[C@@H](O)C#Cc1cccc(-n2nc(C(N)=O)c3ccc(-c4cnn(C)c4)nc32)c1. The number of terminal acetylenes is 1. The zero-order valence-corrected chi connectivity index (χ0v) is 19.9. The number of rotatable bonds is 7. The van der Waals surface area contributed by atoms with Crippen LogP contribution in [0.2, 0.25) is 0 Å². The van der Waals surface area contributed by atoms with E-state index in [9.17, 15) is 14.7 Å². The summed E-state index contributed by atoms with van der Waals surface area (Å²) in [5.74, 6) is 5.07. The minimum atomic E-state index is -0.873. The number of aliphatic hydroxyl groups is 1. The molecule has 3 aromatic heterocycles. The molecule has 0 aliphatic heterocycles. The van der Waals surface area contributed by atoms with Gasteiger partial charge in [0.05, 0.1) is 23.0 Å². The van der Waals surface area contributed by atoms with Gasteiger partial charge in [-0.15, -0.1) is 12.8 Å². The normalized spacial score (nSPS) is 11.0. The highest BCUT2D eigenvalue weighted by atomic mass is 16.3. The van der Waals surface area contributed by atoms with Crippen LogP contribution in [0.25, 0.3) is 28.0 Å². The number of benzene rings is 1. The number of aryl methyl sites for hydroxylation is 1. The zero-order valence-electron chi connectivity index (χ0n) is 19.9. The number of hydrogen-bond donors (Lipinski definition) is 2. The third kappa shape index (κ3) is 5.76. The second kappa shape index (κ2) is 11.5. The average Bonchev–Trinajstić information content (AvgIpc) is 3.51. The van der Waals surface area contributed by atoms with Crippen molar-refractivity contribution in [3.05, 3.63) is 60.0 Å². The molecule has 0 saturated heterocycles. The molecule has 10 heteroatoms. The van der Waals surface area contributed by atoms with E-state index in [-0.39, 0.29) is 5.69 Å². The van der Waals surface area contributed by atoms with Crippen molar-refractivity contribution in [2.75, 3.05) is 13.6 Å². The van der Waals surface area contributed by atoms with Crippen LogP contribution in [0.3, 0.4) is 0 Å². The summed E-state index contributed by atoms with van der Waals surface area (Å²) in [5, 5.41) is 19.2. The van der Waals surface area contributed by atoms with Gasteiger partial charge in [-0.2, -0.15) is 10.2 Å². The Morgan fingerprint density at radius 2 is 2.08 bits per heavy atom. The number of pyridine rings is 1. The molecule has 0 radical (unpaired) electrons. The van der Waals surface area contributed by atoms with E-state index in [1.54, 1.807) is 52.9 Å². The molecule has 0 unspecified atom stereocenters. The number of carbonyl (C=O) groups is 2. The van der Waals surface area contributed by atoms with Crippen LogP contribution >= 0.6 is 0 Å². The van der Waals surface area contributed by atoms with E-state index in [4.69, 9.17) is 10.7 Å². The molecule has 3 N–H and O–H groups in total. The van der Waals surface area contributed by atoms with Crippen LogP contribution in [0.15, 0.2) is 48.8 Å². The summed E-state index contributed by atoms with van der Waals surface area (Å²) in [6.07, 6.45) is 11.7. The number of amides is 2. The molecule has 4 rings (SSSR count). The van der Waals surface area contributed by atoms with Gasteiger partial charge in [-0.3, -0.25) is 14.3 Å². The van der Waals surface area contributed by atoms with Gasteiger partial charge in [0.2, 0.25) is 6.41 Å². The maximum atomic E-state index is 12.0. The number of primary amides is 1. The lowest BCUT2D eigenvalue weighted by Crippen LogP contribution is -2.21. The van der Waals surface area contributed by atoms with Crippen molar-refractivity contribution in [3.63, 3.8) is 0 Å². The predicted molar refractivity (Wildman–Crippen MR) is 136 cm³/mol. The number of nitrogens with zero attached hydrogens (tertiary/aromatic N) is 6. The summed E-state index contributed by atoms with van der Waals surface area (Å²) < 4.78 is 3.23. The monoisotopic (exact) mass is 483 g/mol. The molecule has 182 valence electrons. The lowest BCUT2D eigenvalue weighted by Gasteiger charge is -2.10. The van der Waals surface area contributed by atoms with E-state index >= 15 is 0 Å². The van der Waals surface area contributed by atoms with Crippen molar-refractivity contribution in [3.8, 4) is 41.6 Å². The Morgan fingerprint density at radius 3 is 2.75 bits per heavy atom. The van der Waals surface area contributed by atoms with Crippen LogP contribution < -0.4 is 5.73 Å². The third-order valence-corrected chi connectivity index (χ3v) is 5.17. The maximum absolute atomic E-state index is 12.0. The first-order valence-electron chi connectivity index (χ1n) is 10.8. The second-order valence-electron chi connectivity index (χ2n) is 7.81. The van der Waals surface area contributed by atoms with Crippen LogP contribution in [0.5, 0.6) is 0 Å². The molecule has 1 aromatic carbocycles. The molecular weight excluding hydrogens is 458 g/mol. The highest BCUT2D eigenvalue weighted by molar-refractivity contribution is 6.03. The Hall–Kier alpha value is -4.93. The largest absolute Gasteiger partial charge is 0.380 e. The van der Waals surface area contributed by atoms with E-state index in [1.165, 1.54) is 4.90 Å². The summed E-state index contributed by atoms with van der Waals surface area (Å²) in [6.45, 7) is 0.402. The Morgan fingerprint density at radius 1 is 1.31 bits per heavy atom. The molecule has 0 aliphatic carbocycles. The lowest BCUT2D eigenvalue weighted by atomic mass is 10.1. The molecule has 2 amide bonds. The van der Waals surface area contributed by atoms with Crippen molar-refractivity contribution in [1.29, 1.82) is 0 Å². The number of hydrogen-bond acceptors (Lipinski definition) is 6. The minimum absolute atomic E-state index is 0.117. The molecule has 0 bridgehead atoms. The van der Waals surface area contributed by atoms with Gasteiger partial charge in [0.15, 0.2) is 11.3 Å². The van der Waals surface area contributed by atoms with Crippen molar-refractivity contribution in [1.82, 2.24) is 29.4 Å². The Bertz CT molecular complexity index is 1470. The van der Waals surface area contributed by atoms with Gasteiger partial charge in [-0.25, -0.2) is 9.67 Å². The molecule has 0 saturated carbocycles. The fourth-order valence-electron chi connectivity index (χ4n) is 3.41. The lowest BCUT2D eigenvalue weighted by molar-refractivity contribution is -0.117. The van der Waals surface area contributed by atoms with E-state index in [2.05, 4.69) is 34.9 Å². The smallest absolute Gasteiger partial charge is 0.269 e.